The second kappa shape index (κ2) is 29.8. The number of fused-ring (bicyclic) bond motifs is 4. The zero-order valence-electron chi connectivity index (χ0n) is 63.7. The van der Waals surface area contributed by atoms with Crippen molar-refractivity contribution >= 4 is 74.8 Å². The highest BCUT2D eigenvalue weighted by molar-refractivity contribution is 6.74. The van der Waals surface area contributed by atoms with Crippen molar-refractivity contribution in [3.05, 3.63) is 149 Å². The maximum atomic E-state index is 13.0. The van der Waals surface area contributed by atoms with Crippen molar-refractivity contribution in [3.8, 4) is 22.9 Å². The van der Waals surface area contributed by atoms with Gasteiger partial charge in [0.2, 0.25) is 0 Å². The Bertz CT molecular complexity index is 4190. The molecule has 2 aliphatic carbocycles. The van der Waals surface area contributed by atoms with E-state index in [1.165, 1.54) is 11.1 Å². The van der Waals surface area contributed by atoms with Crippen molar-refractivity contribution < 1.29 is 37.2 Å². The fourth-order valence-electron chi connectivity index (χ4n) is 12.4. The number of nitrogens with one attached hydrogen (secondary N) is 2. The van der Waals surface area contributed by atoms with Gasteiger partial charge in [-0.1, -0.05) is 128 Å². The number of carbonyl (C=O) groups is 2. The number of rotatable bonds is 16. The molecule has 18 nitrogen and oxygen atoms in total. The largest absolute Gasteiger partial charge is 0.494 e. The number of carbonyl (C=O) groups excluding carboxylic acids is 2. The highest BCUT2D eigenvalue weighted by Gasteiger charge is 2.52. The molecule has 1 aliphatic heterocycles. The Kier molecular flexibility index (Phi) is 23.1. The first-order valence-electron chi connectivity index (χ1n) is 35.8. The van der Waals surface area contributed by atoms with E-state index in [0.29, 0.717) is 18.4 Å². The Morgan fingerprint density at radius 1 is 0.570 bits per heavy atom. The van der Waals surface area contributed by atoms with Gasteiger partial charge in [-0.3, -0.25) is 4.98 Å². The van der Waals surface area contributed by atoms with Crippen molar-refractivity contribution in [2.75, 3.05) is 0 Å². The minimum Gasteiger partial charge on any atom is -0.444 e. The summed E-state index contributed by atoms with van der Waals surface area (Å²) in [6.45, 7) is 47.3. The minimum atomic E-state index is -1.91. The molecule has 1 saturated heterocycles. The van der Waals surface area contributed by atoms with Crippen LogP contribution in [0.15, 0.2) is 109 Å². The maximum absolute atomic E-state index is 13.0. The second-order valence-corrected chi connectivity index (χ2v) is 43.3. The summed E-state index contributed by atoms with van der Waals surface area (Å²) in [5.74, 6) is 1.52. The molecule has 0 saturated carbocycles. The number of alkyl carbamates (subject to hydrolysis) is 2. The van der Waals surface area contributed by atoms with E-state index in [4.69, 9.17) is 59.3 Å². The van der Waals surface area contributed by atoms with E-state index >= 15 is 0 Å². The highest BCUT2D eigenvalue weighted by atomic mass is 35.5. The zero-order valence-corrected chi connectivity index (χ0v) is 66.4. The van der Waals surface area contributed by atoms with E-state index in [0.717, 1.165) is 137 Å². The molecular formula is C78H110BClN10O8Si2. The Morgan fingerprint density at radius 2 is 1.01 bits per heavy atom. The molecule has 2 amide bonds. The second-order valence-electron chi connectivity index (χ2n) is 33.3. The van der Waals surface area contributed by atoms with Crippen LogP contribution >= 0.6 is 11.6 Å². The van der Waals surface area contributed by atoms with Gasteiger partial charge in [-0.25, -0.2) is 33.9 Å². The Labute approximate surface area is 602 Å². The maximum Gasteiger partial charge on any atom is 0.494 e. The molecule has 11 rings (SSSR count). The number of pyridine rings is 4. The lowest BCUT2D eigenvalue weighted by Crippen LogP contribution is -2.50. The summed E-state index contributed by atoms with van der Waals surface area (Å²) in [4.78, 5) is 44.9. The first kappa shape index (κ1) is 77.3. The Morgan fingerprint density at radius 3 is 1.46 bits per heavy atom. The summed E-state index contributed by atoms with van der Waals surface area (Å²) < 4.78 is 40.2. The molecule has 0 bridgehead atoms. The molecule has 2 N–H and O–H groups in total. The fraction of sp³-hybridized carbons (Fsp3) is 0.538. The van der Waals surface area contributed by atoms with E-state index in [1.807, 2.05) is 118 Å². The summed E-state index contributed by atoms with van der Waals surface area (Å²) in [7, 11) is -4.17. The van der Waals surface area contributed by atoms with Gasteiger partial charge in [0.05, 0.1) is 87.4 Å². The average Bonchev–Trinajstić information content (AvgIpc) is 1.15. The van der Waals surface area contributed by atoms with Gasteiger partial charge in [-0.2, -0.15) is 10.2 Å². The molecule has 22 heteroatoms. The number of aromatic nitrogens is 8. The van der Waals surface area contributed by atoms with Gasteiger partial charge < -0.3 is 38.3 Å². The molecule has 2 unspecified atom stereocenters. The van der Waals surface area contributed by atoms with Gasteiger partial charge >= 0.3 is 19.3 Å². The first-order chi connectivity index (χ1) is 46.6. The number of amides is 2. The predicted octanol–water partition coefficient (Wildman–Crippen LogP) is 18.7. The summed E-state index contributed by atoms with van der Waals surface area (Å²) >= 11 is 6.09. The van der Waals surface area contributed by atoms with Crippen molar-refractivity contribution in [2.24, 2.45) is 0 Å². The fourth-order valence-corrected chi connectivity index (χ4v) is 14.5. The zero-order chi connectivity index (χ0) is 73.2. The van der Waals surface area contributed by atoms with Crippen LogP contribution in [0, 0.1) is 0 Å². The monoisotopic (exact) mass is 1420 g/mol. The van der Waals surface area contributed by atoms with Crippen LogP contribution in [-0.4, -0.2) is 97.8 Å². The number of hydrogen-bond donors (Lipinski definition) is 2. The first-order valence-corrected chi connectivity index (χ1v) is 42.0. The molecule has 2 aromatic carbocycles. The van der Waals surface area contributed by atoms with Crippen LogP contribution in [0.2, 0.25) is 41.4 Å². The normalized spacial score (nSPS) is 18.4. The van der Waals surface area contributed by atoms with Gasteiger partial charge in [0, 0.05) is 16.3 Å². The molecule has 100 heavy (non-hydrogen) atoms. The van der Waals surface area contributed by atoms with Gasteiger partial charge in [0.1, 0.15) is 16.4 Å². The highest BCUT2D eigenvalue weighted by Crippen LogP contribution is 2.43. The van der Waals surface area contributed by atoms with Crippen LogP contribution in [0.5, 0.6) is 0 Å². The van der Waals surface area contributed by atoms with Crippen molar-refractivity contribution in [2.45, 2.75) is 272 Å². The van der Waals surface area contributed by atoms with E-state index in [1.54, 1.807) is 0 Å². The van der Waals surface area contributed by atoms with Gasteiger partial charge in [-0.05, 0) is 222 Å². The number of benzene rings is 2. The average molecular weight is 1420 g/mol. The number of ether oxygens (including phenoxy) is 2. The summed E-state index contributed by atoms with van der Waals surface area (Å²) in [5.41, 5.74) is 7.83. The summed E-state index contributed by atoms with van der Waals surface area (Å²) in [5, 5.41) is 18.5. The third kappa shape index (κ3) is 18.1. The van der Waals surface area contributed by atoms with Crippen molar-refractivity contribution in [3.63, 3.8) is 0 Å². The molecule has 7 heterocycles. The molecule has 6 aromatic heterocycles. The Hall–Kier alpha value is -6.85. The Balaban J connectivity index is 0.000000186. The van der Waals surface area contributed by atoms with E-state index in [9.17, 15) is 9.59 Å². The van der Waals surface area contributed by atoms with Crippen molar-refractivity contribution in [1.29, 1.82) is 0 Å². The van der Waals surface area contributed by atoms with Crippen molar-refractivity contribution in [1.82, 2.24) is 50.1 Å². The number of nitrogens with zero attached hydrogens (tertiary/aromatic N) is 8. The molecule has 0 spiro atoms. The predicted molar refractivity (Wildman–Crippen MR) is 408 cm³/mol. The SMILES string of the molecule is CC1(C)OB(c2ccc3cnn(-c4cccc(CO[Si](C)(C)C(C)(C)C)n4)c3c2)OC1(C)C.CCCC1(NC(=O)OC(C)(C)C)CCCc2ccc(-c3ccc4cnn(-c5cccc(CO[Si](C)(C)C(C)(C)C)n5)c4c3)nc21.CCCC1(NC(=O)OC(C)(C)C)CCCc2ccc(Cl)nc21. The van der Waals surface area contributed by atoms with Crippen LogP contribution in [0.25, 0.3) is 44.7 Å². The van der Waals surface area contributed by atoms with Crippen LogP contribution in [0.1, 0.15) is 210 Å². The quantitative estimate of drug-likeness (QED) is 0.0683. The van der Waals surface area contributed by atoms with Gasteiger partial charge in [0.25, 0.3) is 0 Å². The molecule has 8 aromatic rings. The number of hydrogen-bond acceptors (Lipinski definition) is 14. The van der Waals surface area contributed by atoms with E-state index in [2.05, 4.69) is 172 Å². The van der Waals surface area contributed by atoms with E-state index in [-0.39, 0.29) is 21.3 Å². The lowest BCUT2D eigenvalue weighted by atomic mass is 9.77. The van der Waals surface area contributed by atoms with Crippen LogP contribution in [-0.2, 0) is 64.8 Å². The van der Waals surface area contributed by atoms with Crippen LogP contribution in [0.3, 0.4) is 0 Å². The van der Waals surface area contributed by atoms with Gasteiger partial charge in [-0.15, -0.1) is 0 Å². The number of aryl methyl sites for hydroxylation is 2. The molecule has 2 atom stereocenters. The molecule has 538 valence electrons. The lowest BCUT2D eigenvalue weighted by Gasteiger charge is -2.39. The minimum absolute atomic E-state index is 0.131. The summed E-state index contributed by atoms with van der Waals surface area (Å²) in [6, 6.07) is 32.6. The van der Waals surface area contributed by atoms with Crippen LogP contribution in [0.4, 0.5) is 9.59 Å². The third-order valence-electron chi connectivity index (χ3n) is 20.5. The number of halogens is 1. The standard InChI is InChI=1S/C36H49N5O3Si.C25H36BN3O3Si.C17H25ClN2O2/c1-10-20-36(40-33(42)44-34(2,3)4)21-12-13-25-18-19-29(39-32(25)36)26-16-17-27-23-37-41(30(27)22-26)31-15-11-14-28(38-31)24-43-45(8,9)35(5,6)7;1-23(2,3)33(8,9)30-17-20-11-10-12-22(28-20)29-21-15-19(14-13-18(21)16-27-29)26-31-24(4,5)25(6,7)32-26;1-5-10-17(20-15(21)22-16(2,3)4)11-6-7-12-8-9-13(18)19-14(12)17/h11,14-19,22-23H,10,12-13,20-21,24H2,1-9H3,(H,40,42);10-16H,17H2,1-9H3;8-9H,5-7,10-11H2,1-4H3,(H,20,21). The molecule has 1 fully saturated rings. The van der Waals surface area contributed by atoms with Gasteiger partial charge in [0.15, 0.2) is 28.3 Å². The molecule has 3 aliphatic rings. The van der Waals surface area contributed by atoms with Crippen LogP contribution < -0.4 is 16.1 Å². The van der Waals surface area contributed by atoms with E-state index < -0.39 is 58.2 Å². The third-order valence-corrected chi connectivity index (χ3v) is 29.7. The molecule has 0 radical (unpaired) electrons. The lowest BCUT2D eigenvalue weighted by molar-refractivity contribution is 0.00578. The summed E-state index contributed by atoms with van der Waals surface area (Å²) in [6.07, 6.45) is 12.0. The topological polar surface area (TPSA) is 201 Å². The smallest absolute Gasteiger partial charge is 0.444 e. The molecular weight excluding hydrogens is 1310 g/mol.